The van der Waals surface area contributed by atoms with Gasteiger partial charge in [-0.1, -0.05) is 47.7 Å². The Bertz CT molecular complexity index is 1560. The van der Waals surface area contributed by atoms with E-state index < -0.39 is 29.6 Å². The molecule has 230 valence electrons. The molecule has 1 aromatic heterocycles. The molecule has 3 aromatic rings. The molecule has 1 spiro atoms. The van der Waals surface area contributed by atoms with Crippen LogP contribution >= 0.6 is 0 Å². The number of rotatable bonds is 13. The van der Waals surface area contributed by atoms with Crippen LogP contribution in [-0.4, -0.2) is 91.6 Å². The summed E-state index contributed by atoms with van der Waals surface area (Å²) >= 11 is 0. The summed E-state index contributed by atoms with van der Waals surface area (Å²) in [6.07, 6.45) is 4.89. The van der Waals surface area contributed by atoms with Crippen LogP contribution in [0, 0.1) is 11.8 Å². The topological polar surface area (TPSA) is 121 Å². The number of aromatic nitrogens is 3. The first-order valence-electron chi connectivity index (χ1n) is 15.2. The van der Waals surface area contributed by atoms with E-state index in [0.29, 0.717) is 36.9 Å². The third-order valence-electron chi connectivity index (χ3n) is 9.16. The van der Waals surface area contributed by atoms with Crippen LogP contribution < -0.4 is 4.90 Å². The van der Waals surface area contributed by atoms with Gasteiger partial charge in [0.05, 0.1) is 23.5 Å². The maximum Gasteiger partial charge on any atom is 0.250 e. The number of nitrogens with zero attached hydrogens (tertiary/aromatic N) is 6. The molecule has 2 aromatic carbocycles. The van der Waals surface area contributed by atoms with Crippen LogP contribution in [0.2, 0.25) is 0 Å². The van der Waals surface area contributed by atoms with Gasteiger partial charge in [0, 0.05) is 31.9 Å². The summed E-state index contributed by atoms with van der Waals surface area (Å²) < 4.78 is 8.32. The predicted octanol–water partition coefficient (Wildman–Crippen LogP) is 2.77. The van der Waals surface area contributed by atoms with E-state index in [0.717, 1.165) is 5.52 Å². The van der Waals surface area contributed by atoms with Crippen LogP contribution in [0.3, 0.4) is 0 Å². The highest BCUT2D eigenvalue weighted by atomic mass is 16.5. The molecule has 3 aliphatic heterocycles. The summed E-state index contributed by atoms with van der Waals surface area (Å²) in [5.41, 5.74) is 1.06. The largest absolute Gasteiger partial charge is 0.396 e. The third kappa shape index (κ3) is 4.89. The molecule has 0 aliphatic carbocycles. The molecule has 11 heteroatoms. The zero-order valence-corrected chi connectivity index (χ0v) is 24.7. The van der Waals surface area contributed by atoms with Gasteiger partial charge in [-0.2, -0.15) is 0 Å². The van der Waals surface area contributed by atoms with Crippen LogP contribution in [0.1, 0.15) is 25.7 Å². The molecule has 44 heavy (non-hydrogen) atoms. The number of carbonyl (C=O) groups is 3. The van der Waals surface area contributed by atoms with E-state index in [4.69, 9.17) is 4.74 Å². The fourth-order valence-corrected chi connectivity index (χ4v) is 7.32. The summed E-state index contributed by atoms with van der Waals surface area (Å²) in [5, 5.41) is 18.0. The molecular formula is C33H38N6O5. The van der Waals surface area contributed by atoms with Crippen molar-refractivity contribution in [1.82, 2.24) is 24.8 Å². The average Bonchev–Trinajstić information content (AvgIpc) is 3.79. The van der Waals surface area contributed by atoms with Crippen molar-refractivity contribution in [3.63, 3.8) is 0 Å². The highest BCUT2D eigenvalue weighted by Gasteiger charge is 2.74. The summed E-state index contributed by atoms with van der Waals surface area (Å²) in [5.74, 6) is -2.28. The molecule has 3 amide bonds. The van der Waals surface area contributed by atoms with Crippen molar-refractivity contribution in [1.29, 1.82) is 0 Å². The van der Waals surface area contributed by atoms with Gasteiger partial charge in [-0.25, -0.2) is 4.68 Å². The number of carbonyl (C=O) groups excluding carboxylic acids is 3. The second kappa shape index (κ2) is 12.3. The van der Waals surface area contributed by atoms with Crippen molar-refractivity contribution >= 4 is 34.4 Å². The third-order valence-corrected chi connectivity index (χ3v) is 9.16. The molecule has 3 aliphatic rings. The fraction of sp³-hybridized carbons (Fsp3) is 0.424. The lowest BCUT2D eigenvalue weighted by Gasteiger charge is -2.37. The molecular weight excluding hydrogens is 560 g/mol. The van der Waals surface area contributed by atoms with Gasteiger partial charge in [-0.15, -0.1) is 18.3 Å². The summed E-state index contributed by atoms with van der Waals surface area (Å²) in [6.45, 7) is 8.57. The van der Waals surface area contributed by atoms with Crippen LogP contribution in [0.5, 0.6) is 0 Å². The smallest absolute Gasteiger partial charge is 0.250 e. The Balaban J connectivity index is 1.36. The molecule has 0 saturated carbocycles. The van der Waals surface area contributed by atoms with Gasteiger partial charge >= 0.3 is 0 Å². The molecule has 11 nitrogen and oxygen atoms in total. The van der Waals surface area contributed by atoms with Crippen LogP contribution in [0.15, 0.2) is 79.9 Å². The van der Waals surface area contributed by atoms with Crippen molar-refractivity contribution in [3.8, 4) is 0 Å². The van der Waals surface area contributed by atoms with E-state index in [1.807, 2.05) is 54.6 Å². The number of aliphatic hydroxyl groups is 1. The van der Waals surface area contributed by atoms with Crippen LogP contribution in [-0.2, 0) is 25.8 Å². The van der Waals surface area contributed by atoms with Gasteiger partial charge in [0.25, 0.3) is 0 Å². The lowest BCUT2D eigenvalue weighted by atomic mass is 9.70. The number of ether oxygens (including phenoxy) is 1. The Labute approximate surface area is 256 Å². The van der Waals surface area contributed by atoms with Crippen LogP contribution in [0.25, 0.3) is 11.0 Å². The number of amides is 3. The Morgan fingerprint density at radius 2 is 1.80 bits per heavy atom. The first-order chi connectivity index (χ1) is 21.4. The molecule has 4 heterocycles. The van der Waals surface area contributed by atoms with Crippen molar-refractivity contribution in [2.24, 2.45) is 11.8 Å². The quantitative estimate of drug-likeness (QED) is 0.237. The van der Waals surface area contributed by atoms with Gasteiger partial charge < -0.3 is 24.5 Å². The van der Waals surface area contributed by atoms with Crippen molar-refractivity contribution < 1.29 is 24.2 Å². The van der Waals surface area contributed by atoms with Gasteiger partial charge in [-0.05, 0) is 49.9 Å². The maximum absolute atomic E-state index is 14.6. The van der Waals surface area contributed by atoms with E-state index in [2.05, 4.69) is 23.5 Å². The normalized spacial score (nSPS) is 25.3. The molecule has 2 bridgehead atoms. The monoisotopic (exact) mass is 598 g/mol. The Morgan fingerprint density at radius 3 is 2.55 bits per heavy atom. The summed E-state index contributed by atoms with van der Waals surface area (Å²) in [4.78, 5) is 48.1. The van der Waals surface area contributed by atoms with E-state index in [1.165, 1.54) is 0 Å². The van der Waals surface area contributed by atoms with Crippen molar-refractivity contribution in [2.45, 2.75) is 50.1 Å². The Morgan fingerprint density at radius 1 is 1.05 bits per heavy atom. The second-order valence-electron chi connectivity index (χ2n) is 11.7. The summed E-state index contributed by atoms with van der Waals surface area (Å²) in [6, 6.07) is 15.9. The minimum absolute atomic E-state index is 0.0234. The van der Waals surface area contributed by atoms with Crippen molar-refractivity contribution in [2.75, 3.05) is 31.1 Å². The number of benzene rings is 2. The van der Waals surface area contributed by atoms with E-state index in [9.17, 15) is 19.5 Å². The minimum atomic E-state index is -1.14. The molecule has 2 unspecified atom stereocenters. The van der Waals surface area contributed by atoms with Gasteiger partial charge in [-0.3, -0.25) is 14.4 Å². The lowest BCUT2D eigenvalue weighted by molar-refractivity contribution is -0.149. The number of fused-ring (bicyclic) bond motifs is 2. The van der Waals surface area contributed by atoms with E-state index in [-0.39, 0.29) is 50.6 Å². The first kappa shape index (κ1) is 29.7. The average molecular weight is 599 g/mol. The van der Waals surface area contributed by atoms with E-state index in [1.54, 1.807) is 31.5 Å². The molecule has 5 atom stereocenters. The van der Waals surface area contributed by atoms with Gasteiger partial charge in [0.2, 0.25) is 17.7 Å². The molecule has 3 fully saturated rings. The number of likely N-dealkylation sites (tertiary alicyclic amines) is 1. The molecule has 3 saturated heterocycles. The lowest BCUT2D eigenvalue weighted by Crippen LogP contribution is -2.56. The number of unbranched alkanes of at least 4 members (excludes halogenated alkanes) is 1. The minimum Gasteiger partial charge on any atom is -0.396 e. The molecule has 6 rings (SSSR count). The zero-order valence-electron chi connectivity index (χ0n) is 24.7. The maximum atomic E-state index is 14.6. The second-order valence-corrected chi connectivity index (χ2v) is 11.7. The highest BCUT2D eigenvalue weighted by molar-refractivity contribution is 6.03. The highest BCUT2D eigenvalue weighted by Crippen LogP contribution is 2.59. The Kier molecular flexibility index (Phi) is 8.33. The SMILES string of the molecule is C=CCN(Cn1nnc2ccccc21)C(=O)C1N(CCCCO)C(=O)[C@@H]2[C@H](C(=O)N(CC=C)c3ccccc3)[C@@H]3CCC12O3. The first-order valence-corrected chi connectivity index (χ1v) is 15.2. The fourth-order valence-electron chi connectivity index (χ4n) is 7.32. The standard InChI is InChI=1S/C33H38N6O5/c1-3-18-36(22-39-25-15-9-8-14-24(25)34-35-39)32(43)29-33-17-16-26(44-33)27(28(33)31(42)38(29)20-10-11-21-40)30(41)37(19-4-2)23-12-6-5-7-13-23/h3-9,12-15,26-29,40H,1-2,10-11,16-22H2/t26-,27+,28-,29?,33?/m0/s1. The predicted molar refractivity (Wildman–Crippen MR) is 164 cm³/mol. The Hall–Kier alpha value is -4.35. The van der Waals surface area contributed by atoms with Gasteiger partial charge in [0.1, 0.15) is 23.8 Å². The van der Waals surface area contributed by atoms with Crippen molar-refractivity contribution in [3.05, 3.63) is 79.9 Å². The molecule has 0 radical (unpaired) electrons. The zero-order chi connectivity index (χ0) is 30.8. The van der Waals surface area contributed by atoms with E-state index >= 15 is 0 Å². The number of aliphatic hydroxyl groups excluding tert-OH is 1. The number of anilines is 1. The number of para-hydroxylation sites is 2. The molecule has 1 N–H and O–H groups in total. The van der Waals surface area contributed by atoms with Crippen LogP contribution in [0.4, 0.5) is 5.69 Å². The number of hydrogen-bond acceptors (Lipinski definition) is 7. The summed E-state index contributed by atoms with van der Waals surface area (Å²) in [7, 11) is 0. The number of hydrogen-bond donors (Lipinski definition) is 1. The van der Waals surface area contributed by atoms with Gasteiger partial charge in [0.15, 0.2) is 0 Å².